The van der Waals surface area contributed by atoms with Gasteiger partial charge in [0.2, 0.25) is 11.9 Å². The van der Waals surface area contributed by atoms with Gasteiger partial charge in [0.1, 0.15) is 23.9 Å². The van der Waals surface area contributed by atoms with Gasteiger partial charge in [0, 0.05) is 12.5 Å². The highest BCUT2D eigenvalue weighted by Crippen LogP contribution is 2.30. The van der Waals surface area contributed by atoms with E-state index in [-0.39, 0.29) is 11.9 Å². The summed E-state index contributed by atoms with van der Waals surface area (Å²) in [4.78, 5) is 28.8. The Morgan fingerprint density at radius 3 is 2.71 bits per heavy atom. The van der Waals surface area contributed by atoms with Gasteiger partial charge < -0.3 is 4.74 Å². The lowest BCUT2D eigenvalue weighted by molar-refractivity contribution is -0.114. The highest BCUT2D eigenvalue weighted by Gasteiger charge is 2.14. The minimum absolute atomic E-state index is 0.160. The van der Waals surface area contributed by atoms with E-state index in [4.69, 9.17) is 21.3 Å². The molecule has 1 N–H and O–H groups in total. The molecule has 0 aliphatic heterocycles. The third kappa shape index (κ3) is 3.35. The third-order valence-electron chi connectivity index (χ3n) is 3.90. The lowest BCUT2D eigenvalue weighted by Gasteiger charge is -2.10. The second-order valence-corrected chi connectivity index (χ2v) is 6.21. The maximum absolute atomic E-state index is 11.4. The first kappa shape index (κ1) is 17.8. The topological polar surface area (TPSA) is 108 Å². The number of carbonyl (C=O) groups excluding carboxylic acids is 1. The number of carbonyl (C=O) groups is 1. The van der Waals surface area contributed by atoms with Gasteiger partial charge in [0.15, 0.2) is 5.82 Å². The molecule has 9 nitrogen and oxygen atoms in total. The van der Waals surface area contributed by atoms with Crippen LogP contribution in [0.1, 0.15) is 6.92 Å². The number of fused-ring (bicyclic) bond motifs is 1. The fourth-order valence-electron chi connectivity index (χ4n) is 2.68. The van der Waals surface area contributed by atoms with Crippen molar-refractivity contribution in [1.29, 1.82) is 0 Å². The Morgan fingerprint density at radius 1 is 1.18 bits per heavy atom. The molecule has 3 aromatic heterocycles. The SMILES string of the molecule is COc1ccc(-c2ccc3nc(NC(C)=O)nc(-n4cncn4)c3n2)cc1Cl. The van der Waals surface area contributed by atoms with Gasteiger partial charge in [-0.1, -0.05) is 11.6 Å². The van der Waals surface area contributed by atoms with Crippen molar-refractivity contribution in [2.75, 3.05) is 12.4 Å². The molecule has 28 heavy (non-hydrogen) atoms. The molecule has 0 aliphatic rings. The molecule has 0 atom stereocenters. The molecule has 1 aromatic carbocycles. The number of halogens is 1. The number of rotatable bonds is 4. The van der Waals surface area contributed by atoms with Crippen LogP contribution < -0.4 is 10.1 Å². The number of nitrogens with one attached hydrogen (secondary N) is 1. The van der Waals surface area contributed by atoms with Crippen LogP contribution in [0.25, 0.3) is 28.1 Å². The number of hydrogen-bond donors (Lipinski definition) is 1. The number of hydrogen-bond acceptors (Lipinski definition) is 7. The monoisotopic (exact) mass is 395 g/mol. The van der Waals surface area contributed by atoms with E-state index in [2.05, 4.69) is 25.4 Å². The fraction of sp³-hybridized carbons (Fsp3) is 0.111. The number of benzene rings is 1. The van der Waals surface area contributed by atoms with Crippen molar-refractivity contribution in [3.63, 3.8) is 0 Å². The maximum Gasteiger partial charge on any atom is 0.232 e. The molecule has 4 aromatic rings. The van der Waals surface area contributed by atoms with Gasteiger partial charge >= 0.3 is 0 Å². The lowest BCUT2D eigenvalue weighted by atomic mass is 10.1. The Labute approximate surface area is 164 Å². The lowest BCUT2D eigenvalue weighted by Crippen LogP contribution is -2.12. The molecule has 0 unspecified atom stereocenters. The molecule has 0 aliphatic carbocycles. The second kappa shape index (κ2) is 7.20. The standard InChI is InChI=1S/C18H14ClN7O2/c1-10(27)22-18-24-14-5-4-13(11-3-6-15(28-2)12(19)7-11)23-16(14)17(25-18)26-9-20-8-21-26/h3-9H,1-2H3,(H,22,24,25,27). The first-order chi connectivity index (χ1) is 13.5. The highest BCUT2D eigenvalue weighted by atomic mass is 35.5. The molecule has 3 heterocycles. The summed E-state index contributed by atoms with van der Waals surface area (Å²) in [5.74, 6) is 0.861. The van der Waals surface area contributed by atoms with Crippen molar-refractivity contribution in [3.8, 4) is 22.8 Å². The molecular weight excluding hydrogens is 382 g/mol. The Balaban J connectivity index is 1.89. The predicted octanol–water partition coefficient (Wildman–Crippen LogP) is 2.89. The summed E-state index contributed by atoms with van der Waals surface area (Å²) in [6, 6.07) is 9.02. The second-order valence-electron chi connectivity index (χ2n) is 5.81. The van der Waals surface area contributed by atoms with Crippen molar-refractivity contribution < 1.29 is 9.53 Å². The normalized spacial score (nSPS) is 10.8. The van der Waals surface area contributed by atoms with Crippen LogP contribution in [0, 0.1) is 0 Å². The summed E-state index contributed by atoms with van der Waals surface area (Å²) in [7, 11) is 1.56. The molecule has 140 valence electrons. The summed E-state index contributed by atoms with van der Waals surface area (Å²) in [5, 5.41) is 7.19. The molecule has 0 radical (unpaired) electrons. The Bertz CT molecular complexity index is 1180. The van der Waals surface area contributed by atoms with E-state index >= 15 is 0 Å². The summed E-state index contributed by atoms with van der Waals surface area (Å²) in [6.45, 7) is 1.39. The zero-order valence-electron chi connectivity index (χ0n) is 14.9. The molecule has 0 saturated carbocycles. The molecule has 0 bridgehead atoms. The van der Waals surface area contributed by atoms with E-state index in [9.17, 15) is 4.79 Å². The number of methoxy groups -OCH3 is 1. The van der Waals surface area contributed by atoms with Crippen molar-refractivity contribution in [2.45, 2.75) is 6.92 Å². The molecule has 0 fully saturated rings. The van der Waals surface area contributed by atoms with Crippen LogP contribution in [-0.2, 0) is 4.79 Å². The van der Waals surface area contributed by atoms with E-state index in [1.165, 1.54) is 24.3 Å². The fourth-order valence-corrected chi connectivity index (χ4v) is 2.93. The van der Waals surface area contributed by atoms with Crippen LogP contribution in [-0.4, -0.2) is 42.7 Å². The van der Waals surface area contributed by atoms with Gasteiger partial charge in [-0.3, -0.25) is 10.1 Å². The van der Waals surface area contributed by atoms with Crippen molar-refractivity contribution >= 4 is 34.5 Å². The zero-order chi connectivity index (χ0) is 19.7. The first-order valence-corrected chi connectivity index (χ1v) is 8.58. The van der Waals surface area contributed by atoms with Gasteiger partial charge in [-0.05, 0) is 30.3 Å². The van der Waals surface area contributed by atoms with Crippen LogP contribution in [0.2, 0.25) is 5.02 Å². The molecule has 10 heteroatoms. The molecule has 0 saturated heterocycles. The largest absolute Gasteiger partial charge is 0.495 e. The third-order valence-corrected chi connectivity index (χ3v) is 4.19. The number of anilines is 1. The number of nitrogens with zero attached hydrogens (tertiary/aromatic N) is 6. The Morgan fingerprint density at radius 2 is 2.04 bits per heavy atom. The Kier molecular flexibility index (Phi) is 4.58. The van der Waals surface area contributed by atoms with Gasteiger partial charge in [0.05, 0.1) is 23.3 Å². The zero-order valence-corrected chi connectivity index (χ0v) is 15.7. The summed E-state index contributed by atoms with van der Waals surface area (Å²) in [5.41, 5.74) is 2.54. The van der Waals surface area contributed by atoms with Crippen molar-refractivity contribution in [3.05, 3.63) is 48.0 Å². The predicted molar refractivity (Wildman–Crippen MR) is 104 cm³/mol. The summed E-state index contributed by atoms with van der Waals surface area (Å²) in [6.07, 6.45) is 2.89. The molecule has 1 amide bonds. The summed E-state index contributed by atoms with van der Waals surface area (Å²) >= 11 is 6.24. The smallest absolute Gasteiger partial charge is 0.232 e. The van der Waals surface area contributed by atoms with E-state index in [1.54, 1.807) is 25.3 Å². The van der Waals surface area contributed by atoms with Gasteiger partial charge in [-0.15, -0.1) is 0 Å². The first-order valence-electron chi connectivity index (χ1n) is 8.20. The molecule has 0 spiro atoms. The number of pyridine rings is 1. The van der Waals surface area contributed by atoms with Crippen LogP contribution in [0.4, 0.5) is 5.95 Å². The molecule has 4 rings (SSSR count). The average molecular weight is 396 g/mol. The quantitative estimate of drug-likeness (QED) is 0.566. The minimum atomic E-state index is -0.277. The van der Waals surface area contributed by atoms with Crippen molar-refractivity contribution in [1.82, 2.24) is 29.7 Å². The van der Waals surface area contributed by atoms with Gasteiger partial charge in [0.25, 0.3) is 0 Å². The van der Waals surface area contributed by atoms with Crippen LogP contribution in [0.3, 0.4) is 0 Å². The van der Waals surface area contributed by atoms with E-state index in [0.29, 0.717) is 33.3 Å². The highest BCUT2D eigenvalue weighted by molar-refractivity contribution is 6.32. The number of amides is 1. The van der Waals surface area contributed by atoms with Gasteiger partial charge in [-0.2, -0.15) is 10.1 Å². The van der Waals surface area contributed by atoms with Crippen LogP contribution >= 0.6 is 11.6 Å². The average Bonchev–Trinajstić information content (AvgIpc) is 3.21. The van der Waals surface area contributed by atoms with Crippen LogP contribution in [0.15, 0.2) is 43.0 Å². The Hall–Kier alpha value is -3.59. The van der Waals surface area contributed by atoms with Gasteiger partial charge in [-0.25, -0.2) is 19.6 Å². The summed E-state index contributed by atoms with van der Waals surface area (Å²) < 4.78 is 6.66. The molecular formula is C18H14ClN7O2. The minimum Gasteiger partial charge on any atom is -0.495 e. The van der Waals surface area contributed by atoms with Crippen LogP contribution in [0.5, 0.6) is 5.75 Å². The van der Waals surface area contributed by atoms with E-state index in [1.807, 2.05) is 12.1 Å². The van der Waals surface area contributed by atoms with E-state index in [0.717, 1.165) is 5.56 Å². The number of ether oxygens (including phenoxy) is 1. The van der Waals surface area contributed by atoms with E-state index < -0.39 is 0 Å². The van der Waals surface area contributed by atoms with Crippen molar-refractivity contribution in [2.24, 2.45) is 0 Å². The maximum atomic E-state index is 11.4. The number of aromatic nitrogens is 6.